The highest BCUT2D eigenvalue weighted by atomic mass is 16.5. The average Bonchev–Trinajstić information content (AvgIpc) is 2.82. The summed E-state index contributed by atoms with van der Waals surface area (Å²) in [5.74, 6) is 3.60. The summed E-state index contributed by atoms with van der Waals surface area (Å²) in [6.07, 6.45) is 13.5. The van der Waals surface area contributed by atoms with Gasteiger partial charge in [0.1, 0.15) is 5.75 Å². The van der Waals surface area contributed by atoms with Crippen LogP contribution in [0.15, 0.2) is 42.5 Å². The zero-order chi connectivity index (χ0) is 22.4. The monoisotopic (exact) mass is 443 g/mol. The van der Waals surface area contributed by atoms with Crippen molar-refractivity contribution in [1.82, 2.24) is 0 Å². The normalized spacial score (nSPS) is 30.5. The molecule has 0 spiro atoms. The van der Waals surface area contributed by atoms with Gasteiger partial charge in [-0.1, -0.05) is 25.1 Å². The summed E-state index contributed by atoms with van der Waals surface area (Å²) in [7, 11) is 0. The number of amides is 1. The molecule has 4 fully saturated rings. The molecule has 0 unspecified atom stereocenters. The van der Waals surface area contributed by atoms with Crippen molar-refractivity contribution in [2.75, 3.05) is 5.32 Å². The van der Waals surface area contributed by atoms with Gasteiger partial charge in [-0.25, -0.2) is 0 Å². The van der Waals surface area contributed by atoms with Crippen molar-refractivity contribution >= 4 is 11.6 Å². The van der Waals surface area contributed by atoms with Crippen LogP contribution in [0.3, 0.4) is 0 Å². The maximum absolute atomic E-state index is 13.0. The zero-order valence-electron chi connectivity index (χ0n) is 19.9. The van der Waals surface area contributed by atoms with Crippen molar-refractivity contribution in [3.05, 3.63) is 59.2 Å². The van der Waals surface area contributed by atoms with Crippen LogP contribution in [0.4, 0.5) is 5.69 Å². The molecule has 3 nitrogen and oxygen atoms in total. The lowest BCUT2D eigenvalue weighted by molar-refractivity contribution is -0.122. The number of carbonyl (C=O) groups excluding carboxylic acids is 1. The van der Waals surface area contributed by atoms with E-state index in [-0.39, 0.29) is 5.91 Å². The molecule has 5 aliphatic carbocycles. The second kappa shape index (κ2) is 8.49. The molecule has 174 valence electrons. The van der Waals surface area contributed by atoms with Crippen LogP contribution in [0.5, 0.6) is 5.75 Å². The van der Waals surface area contributed by atoms with Gasteiger partial charge in [-0.2, -0.15) is 0 Å². The van der Waals surface area contributed by atoms with E-state index in [0.29, 0.717) is 11.8 Å². The van der Waals surface area contributed by atoms with E-state index in [4.69, 9.17) is 4.74 Å². The van der Waals surface area contributed by atoms with Crippen LogP contribution in [-0.2, 0) is 23.1 Å². The third-order valence-electron chi connectivity index (χ3n) is 9.06. The Morgan fingerprint density at radius 1 is 0.939 bits per heavy atom. The molecule has 1 amide bonds. The van der Waals surface area contributed by atoms with E-state index in [9.17, 15) is 4.79 Å². The first-order valence-electron chi connectivity index (χ1n) is 13.3. The topological polar surface area (TPSA) is 38.3 Å². The minimum Gasteiger partial charge on any atom is -0.481 e. The third-order valence-corrected chi connectivity index (χ3v) is 9.06. The van der Waals surface area contributed by atoms with Gasteiger partial charge in [0.15, 0.2) is 6.10 Å². The number of benzene rings is 2. The first kappa shape index (κ1) is 21.3. The summed E-state index contributed by atoms with van der Waals surface area (Å²) < 4.78 is 6.14. The molecule has 2 aromatic carbocycles. The molecule has 5 aliphatic rings. The second-order valence-electron chi connectivity index (χ2n) is 11.4. The van der Waals surface area contributed by atoms with Gasteiger partial charge in [0.05, 0.1) is 0 Å². The molecule has 4 saturated carbocycles. The lowest BCUT2D eigenvalue weighted by Crippen LogP contribution is -2.48. The highest BCUT2D eigenvalue weighted by Crippen LogP contribution is 2.60. The van der Waals surface area contributed by atoms with Crippen molar-refractivity contribution in [2.45, 2.75) is 89.1 Å². The largest absolute Gasteiger partial charge is 0.481 e. The van der Waals surface area contributed by atoms with Crippen LogP contribution in [-0.4, -0.2) is 12.0 Å². The number of hydrogen-bond acceptors (Lipinski definition) is 2. The molecule has 7 rings (SSSR count). The predicted octanol–water partition coefficient (Wildman–Crippen LogP) is 6.83. The molecule has 1 atom stereocenters. The van der Waals surface area contributed by atoms with Gasteiger partial charge in [-0.15, -0.1) is 0 Å². The summed E-state index contributed by atoms with van der Waals surface area (Å²) in [4.78, 5) is 13.0. The summed E-state index contributed by atoms with van der Waals surface area (Å²) in [5, 5.41) is 3.11. The van der Waals surface area contributed by atoms with Crippen molar-refractivity contribution in [2.24, 2.45) is 17.8 Å². The van der Waals surface area contributed by atoms with Gasteiger partial charge in [0.2, 0.25) is 0 Å². The molecule has 0 aliphatic heterocycles. The van der Waals surface area contributed by atoms with Crippen LogP contribution < -0.4 is 10.1 Å². The predicted molar refractivity (Wildman–Crippen MR) is 133 cm³/mol. The van der Waals surface area contributed by atoms with E-state index < -0.39 is 6.10 Å². The fourth-order valence-corrected chi connectivity index (χ4v) is 7.86. The Hall–Kier alpha value is -2.29. The van der Waals surface area contributed by atoms with Crippen molar-refractivity contribution < 1.29 is 9.53 Å². The Morgan fingerprint density at radius 2 is 1.58 bits per heavy atom. The Balaban J connectivity index is 1.12. The zero-order valence-corrected chi connectivity index (χ0v) is 19.9. The van der Waals surface area contributed by atoms with E-state index in [1.54, 1.807) is 0 Å². The quantitative estimate of drug-likeness (QED) is 0.531. The summed E-state index contributed by atoms with van der Waals surface area (Å²) >= 11 is 0. The highest BCUT2D eigenvalue weighted by molar-refractivity contribution is 5.94. The Kier molecular flexibility index (Phi) is 5.47. The van der Waals surface area contributed by atoms with E-state index >= 15 is 0 Å². The molecular weight excluding hydrogens is 406 g/mol. The molecular formula is C30H37NO2. The van der Waals surface area contributed by atoms with Gasteiger partial charge in [0.25, 0.3) is 5.91 Å². The smallest absolute Gasteiger partial charge is 0.265 e. The molecule has 4 bridgehead atoms. The van der Waals surface area contributed by atoms with Crippen LogP contribution in [0, 0.1) is 17.8 Å². The van der Waals surface area contributed by atoms with Gasteiger partial charge < -0.3 is 10.1 Å². The fourth-order valence-electron chi connectivity index (χ4n) is 7.86. The number of ether oxygens (including phenoxy) is 1. The number of rotatable bonds is 6. The maximum atomic E-state index is 13.0. The minimum atomic E-state index is -0.477. The average molecular weight is 444 g/mol. The molecule has 0 saturated heterocycles. The minimum absolute atomic E-state index is 0.0576. The summed E-state index contributed by atoms with van der Waals surface area (Å²) in [5.41, 5.74) is 5.59. The van der Waals surface area contributed by atoms with Crippen LogP contribution in [0.25, 0.3) is 0 Å². The number of anilines is 1. The molecule has 33 heavy (non-hydrogen) atoms. The molecule has 0 radical (unpaired) electrons. The van der Waals surface area contributed by atoms with Gasteiger partial charge >= 0.3 is 0 Å². The summed E-state index contributed by atoms with van der Waals surface area (Å²) in [6.45, 7) is 2.01. The first-order valence-corrected chi connectivity index (χ1v) is 13.3. The van der Waals surface area contributed by atoms with E-state index in [2.05, 4.69) is 41.7 Å². The lowest BCUT2D eigenvalue weighted by Gasteiger charge is -2.57. The van der Waals surface area contributed by atoms with Gasteiger partial charge in [-0.3, -0.25) is 4.79 Å². The molecule has 3 heteroatoms. The third kappa shape index (κ3) is 4.09. The fraction of sp³-hybridized carbons (Fsp3) is 0.567. The summed E-state index contributed by atoms with van der Waals surface area (Å²) in [6, 6.07) is 15.1. The van der Waals surface area contributed by atoms with Crippen LogP contribution in [0.2, 0.25) is 0 Å². The van der Waals surface area contributed by atoms with E-state index in [1.165, 1.54) is 68.1 Å². The molecule has 1 N–H and O–H groups in total. The van der Waals surface area contributed by atoms with Gasteiger partial charge in [-0.05, 0) is 135 Å². The van der Waals surface area contributed by atoms with E-state index in [0.717, 1.165) is 42.0 Å². The van der Waals surface area contributed by atoms with Crippen molar-refractivity contribution in [1.29, 1.82) is 0 Å². The van der Waals surface area contributed by atoms with E-state index in [1.807, 2.05) is 13.0 Å². The number of aryl methyl sites for hydroxylation is 2. The molecule has 0 aromatic heterocycles. The van der Waals surface area contributed by atoms with Crippen LogP contribution >= 0.6 is 0 Å². The maximum Gasteiger partial charge on any atom is 0.265 e. The Bertz CT molecular complexity index is 989. The standard InChI is InChI=1S/C30H37NO2/c1-2-28(33-27-12-7-23-5-3-4-6-24(23)16-27)29(32)31-26-10-8-25(9-11-26)30-17-20-13-21(18-30)15-22(14-20)19-30/h7-12,16,20-22,28H,2-6,13-15,17-19H2,1H3,(H,31,32)/t20?,21?,22?,28-,30?/m1/s1. The Labute approximate surface area is 198 Å². The Morgan fingerprint density at radius 3 is 2.21 bits per heavy atom. The number of nitrogens with one attached hydrogen (secondary N) is 1. The van der Waals surface area contributed by atoms with Gasteiger partial charge in [0, 0.05) is 5.69 Å². The number of hydrogen-bond donors (Lipinski definition) is 1. The lowest BCUT2D eigenvalue weighted by atomic mass is 9.48. The van der Waals surface area contributed by atoms with Crippen LogP contribution in [0.1, 0.15) is 81.4 Å². The van der Waals surface area contributed by atoms with Crippen molar-refractivity contribution in [3.8, 4) is 5.75 Å². The number of fused-ring (bicyclic) bond motifs is 1. The number of carbonyl (C=O) groups is 1. The SMILES string of the molecule is CC[C@@H](Oc1ccc2c(c1)CCCC2)C(=O)Nc1ccc(C23CC4CC(CC(C4)C2)C3)cc1. The second-order valence-corrected chi connectivity index (χ2v) is 11.4. The highest BCUT2D eigenvalue weighted by Gasteiger charge is 2.51. The molecule has 2 aromatic rings. The first-order chi connectivity index (χ1) is 16.1. The molecule has 0 heterocycles. The van der Waals surface area contributed by atoms with Crippen molar-refractivity contribution in [3.63, 3.8) is 0 Å².